The monoisotopic (exact) mass is 377 g/mol. The first-order valence-corrected chi connectivity index (χ1v) is 8.61. The van der Waals surface area contributed by atoms with E-state index in [2.05, 4.69) is 46.3 Å². The zero-order valence-electron chi connectivity index (χ0n) is 13.5. The van der Waals surface area contributed by atoms with Crippen molar-refractivity contribution in [3.63, 3.8) is 0 Å². The second-order valence-corrected chi connectivity index (χ2v) is 6.77. The van der Waals surface area contributed by atoms with Crippen molar-refractivity contribution in [2.24, 2.45) is 0 Å². The molecule has 0 aliphatic heterocycles. The third-order valence-electron chi connectivity index (χ3n) is 4.09. The Bertz CT molecular complexity index is 1020. The molecule has 2 aromatic heterocycles. The van der Waals surface area contributed by atoms with Gasteiger partial charge in [-0.3, -0.25) is 0 Å². The fourth-order valence-corrected chi connectivity index (χ4v) is 3.28. The zero-order chi connectivity index (χ0) is 16.7. The number of halogens is 1. The average molecular weight is 378 g/mol. The van der Waals surface area contributed by atoms with Crippen LogP contribution in [-0.2, 0) is 0 Å². The van der Waals surface area contributed by atoms with Gasteiger partial charge in [-0.1, -0.05) is 58.4 Å². The summed E-state index contributed by atoms with van der Waals surface area (Å²) in [4.78, 5) is 4.77. The van der Waals surface area contributed by atoms with Crippen LogP contribution >= 0.6 is 15.9 Å². The fourth-order valence-electron chi connectivity index (χ4n) is 3.01. The molecule has 4 heteroatoms. The molecule has 4 rings (SSSR count). The van der Waals surface area contributed by atoms with Gasteiger partial charge in [0.25, 0.3) is 0 Å². The Labute approximate surface area is 149 Å². The number of aryl methyl sites for hydroxylation is 2. The van der Waals surface area contributed by atoms with Crippen molar-refractivity contribution in [1.82, 2.24) is 14.6 Å². The molecular formula is C20H16BrN3. The summed E-state index contributed by atoms with van der Waals surface area (Å²) < 4.78 is 3.02. The number of fused-ring (bicyclic) bond motifs is 1. The van der Waals surface area contributed by atoms with Gasteiger partial charge in [0.2, 0.25) is 0 Å². The van der Waals surface area contributed by atoms with Crippen LogP contribution in [0.5, 0.6) is 0 Å². The van der Waals surface area contributed by atoms with Crippen LogP contribution in [0.25, 0.3) is 28.0 Å². The fraction of sp³-hybridized carbons (Fsp3) is 0.100. The van der Waals surface area contributed by atoms with Crippen molar-refractivity contribution in [1.29, 1.82) is 0 Å². The molecule has 118 valence electrons. The van der Waals surface area contributed by atoms with Crippen LogP contribution in [0.1, 0.15) is 11.4 Å². The summed E-state index contributed by atoms with van der Waals surface area (Å²) in [6, 6.07) is 20.7. The molecule has 24 heavy (non-hydrogen) atoms. The lowest BCUT2D eigenvalue weighted by Crippen LogP contribution is -1.98. The Hall–Kier alpha value is -2.46. The molecule has 0 aliphatic carbocycles. The van der Waals surface area contributed by atoms with Crippen molar-refractivity contribution in [2.75, 3.05) is 0 Å². The molecule has 0 saturated heterocycles. The van der Waals surface area contributed by atoms with Gasteiger partial charge in [0.05, 0.1) is 11.4 Å². The summed E-state index contributed by atoms with van der Waals surface area (Å²) in [6.45, 7) is 4.07. The predicted molar refractivity (Wildman–Crippen MR) is 101 cm³/mol. The second-order valence-electron chi connectivity index (χ2n) is 5.85. The molecule has 0 fully saturated rings. The molecular weight excluding hydrogens is 362 g/mol. The highest BCUT2D eigenvalue weighted by molar-refractivity contribution is 9.10. The molecule has 0 saturated carbocycles. The first kappa shape index (κ1) is 15.1. The number of hydrogen-bond donors (Lipinski definition) is 0. The van der Waals surface area contributed by atoms with E-state index in [1.165, 1.54) is 0 Å². The topological polar surface area (TPSA) is 30.2 Å². The Morgan fingerprint density at radius 2 is 1.58 bits per heavy atom. The lowest BCUT2D eigenvalue weighted by Gasteiger charge is -2.07. The minimum atomic E-state index is 0.900. The van der Waals surface area contributed by atoms with Gasteiger partial charge >= 0.3 is 0 Å². The lowest BCUT2D eigenvalue weighted by atomic mass is 10.1. The molecule has 0 unspecified atom stereocenters. The summed E-state index contributed by atoms with van der Waals surface area (Å²) in [6.07, 6.45) is 0. The highest BCUT2D eigenvalue weighted by atomic mass is 79.9. The summed E-state index contributed by atoms with van der Waals surface area (Å²) in [5, 5.41) is 4.77. The third-order valence-corrected chi connectivity index (χ3v) is 4.62. The maximum absolute atomic E-state index is 4.77. The van der Waals surface area contributed by atoms with E-state index in [1.807, 2.05) is 48.7 Å². The van der Waals surface area contributed by atoms with Crippen LogP contribution in [0.3, 0.4) is 0 Å². The van der Waals surface area contributed by atoms with Gasteiger partial charge in [0.15, 0.2) is 5.65 Å². The second kappa shape index (κ2) is 5.87. The number of aromatic nitrogens is 3. The Kier molecular flexibility index (Phi) is 3.69. The van der Waals surface area contributed by atoms with Gasteiger partial charge in [-0.2, -0.15) is 5.10 Å². The Balaban J connectivity index is 2.02. The van der Waals surface area contributed by atoms with E-state index in [9.17, 15) is 0 Å². The van der Waals surface area contributed by atoms with Crippen molar-refractivity contribution in [3.8, 4) is 22.4 Å². The summed E-state index contributed by atoms with van der Waals surface area (Å²) >= 11 is 3.49. The van der Waals surface area contributed by atoms with Gasteiger partial charge in [0.1, 0.15) is 0 Å². The molecule has 0 N–H and O–H groups in total. The molecule has 2 heterocycles. The molecule has 0 radical (unpaired) electrons. The minimum Gasteiger partial charge on any atom is -0.233 e. The normalized spacial score (nSPS) is 11.1. The molecule has 0 bridgehead atoms. The quantitative estimate of drug-likeness (QED) is 0.465. The highest BCUT2D eigenvalue weighted by Crippen LogP contribution is 2.31. The first-order valence-electron chi connectivity index (χ1n) is 7.82. The Morgan fingerprint density at radius 1 is 0.875 bits per heavy atom. The summed E-state index contributed by atoms with van der Waals surface area (Å²) in [5.74, 6) is 0. The van der Waals surface area contributed by atoms with Gasteiger partial charge in [0, 0.05) is 21.3 Å². The van der Waals surface area contributed by atoms with E-state index in [0.717, 1.165) is 43.9 Å². The number of hydrogen-bond acceptors (Lipinski definition) is 2. The minimum absolute atomic E-state index is 0.900. The van der Waals surface area contributed by atoms with Crippen LogP contribution in [0.15, 0.2) is 65.1 Å². The SMILES string of the molecule is Cc1cc(-c2ccc(Br)cc2)n2nc(C)c(-c3ccccc3)c2n1. The van der Waals surface area contributed by atoms with Gasteiger partial charge < -0.3 is 0 Å². The standard InChI is InChI=1S/C20H16BrN3/c1-13-12-18(15-8-10-17(21)11-9-15)24-20(22-13)19(14(2)23-24)16-6-4-3-5-7-16/h3-12H,1-2H3. The molecule has 0 aliphatic rings. The van der Waals surface area contributed by atoms with Crippen LogP contribution in [-0.4, -0.2) is 14.6 Å². The predicted octanol–water partition coefficient (Wildman–Crippen LogP) is 5.44. The maximum atomic E-state index is 4.77. The van der Waals surface area contributed by atoms with Gasteiger partial charge in [-0.15, -0.1) is 0 Å². The van der Waals surface area contributed by atoms with Gasteiger partial charge in [-0.25, -0.2) is 9.50 Å². The maximum Gasteiger partial charge on any atom is 0.164 e. The van der Waals surface area contributed by atoms with E-state index in [4.69, 9.17) is 10.1 Å². The molecule has 0 spiro atoms. The van der Waals surface area contributed by atoms with Crippen molar-refractivity contribution in [2.45, 2.75) is 13.8 Å². The van der Waals surface area contributed by atoms with Crippen molar-refractivity contribution >= 4 is 21.6 Å². The van der Waals surface area contributed by atoms with Crippen molar-refractivity contribution in [3.05, 3.63) is 76.5 Å². The molecule has 0 atom stereocenters. The Morgan fingerprint density at radius 3 is 2.29 bits per heavy atom. The van der Waals surface area contributed by atoms with E-state index in [1.54, 1.807) is 0 Å². The van der Waals surface area contributed by atoms with Gasteiger partial charge in [-0.05, 0) is 37.6 Å². The first-order chi connectivity index (χ1) is 11.6. The smallest absolute Gasteiger partial charge is 0.164 e. The zero-order valence-corrected chi connectivity index (χ0v) is 15.1. The molecule has 2 aromatic carbocycles. The van der Waals surface area contributed by atoms with Crippen LogP contribution in [0.2, 0.25) is 0 Å². The molecule has 3 nitrogen and oxygen atoms in total. The lowest BCUT2D eigenvalue weighted by molar-refractivity contribution is 0.917. The number of nitrogens with zero attached hydrogens (tertiary/aromatic N) is 3. The largest absolute Gasteiger partial charge is 0.233 e. The van der Waals surface area contributed by atoms with Crippen LogP contribution in [0, 0.1) is 13.8 Å². The van der Waals surface area contributed by atoms with Crippen molar-refractivity contribution < 1.29 is 0 Å². The van der Waals surface area contributed by atoms with E-state index >= 15 is 0 Å². The third kappa shape index (κ3) is 2.53. The van der Waals surface area contributed by atoms with Crippen LogP contribution in [0.4, 0.5) is 0 Å². The van der Waals surface area contributed by atoms with E-state index in [-0.39, 0.29) is 0 Å². The molecule has 4 aromatic rings. The summed E-state index contributed by atoms with van der Waals surface area (Å²) in [7, 11) is 0. The number of rotatable bonds is 2. The summed E-state index contributed by atoms with van der Waals surface area (Å²) in [5.41, 5.74) is 7.28. The molecule has 0 amide bonds. The number of benzene rings is 2. The van der Waals surface area contributed by atoms with Crippen LogP contribution < -0.4 is 0 Å². The van der Waals surface area contributed by atoms with E-state index in [0.29, 0.717) is 0 Å². The highest BCUT2D eigenvalue weighted by Gasteiger charge is 2.16. The van der Waals surface area contributed by atoms with E-state index < -0.39 is 0 Å². The average Bonchev–Trinajstić information content (AvgIpc) is 2.91.